The van der Waals surface area contributed by atoms with Crippen LogP contribution >= 0.6 is 12.2 Å². The van der Waals surface area contributed by atoms with Crippen molar-refractivity contribution in [1.29, 1.82) is 0 Å². The Morgan fingerprint density at radius 3 is 2.31 bits per heavy atom. The summed E-state index contributed by atoms with van der Waals surface area (Å²) in [6.45, 7) is 7.14. The van der Waals surface area contributed by atoms with Gasteiger partial charge in [-0.2, -0.15) is 0 Å². The molecule has 0 aliphatic rings. The van der Waals surface area contributed by atoms with E-state index in [4.69, 9.17) is 12.2 Å². The SMILES string of the molecule is C=CC(=C)N(C(=O)NC)C(=S)NC. The van der Waals surface area contributed by atoms with Crippen LogP contribution in [0.3, 0.4) is 0 Å². The van der Waals surface area contributed by atoms with Crippen molar-refractivity contribution >= 4 is 23.4 Å². The van der Waals surface area contributed by atoms with Crippen LogP contribution in [0.5, 0.6) is 0 Å². The summed E-state index contributed by atoms with van der Waals surface area (Å²) in [5, 5.41) is 5.41. The van der Waals surface area contributed by atoms with Crippen LogP contribution in [-0.4, -0.2) is 30.1 Å². The number of nitrogens with one attached hydrogen (secondary N) is 2. The normalized spacial score (nSPS) is 8.46. The van der Waals surface area contributed by atoms with Crippen LogP contribution in [0.1, 0.15) is 0 Å². The number of hydrogen-bond donors (Lipinski definition) is 2. The third-order valence-electron chi connectivity index (χ3n) is 1.36. The van der Waals surface area contributed by atoms with E-state index in [0.29, 0.717) is 5.70 Å². The van der Waals surface area contributed by atoms with Gasteiger partial charge in [0.15, 0.2) is 5.11 Å². The van der Waals surface area contributed by atoms with Gasteiger partial charge in [0.2, 0.25) is 0 Å². The van der Waals surface area contributed by atoms with E-state index >= 15 is 0 Å². The van der Waals surface area contributed by atoms with Crippen LogP contribution in [0, 0.1) is 0 Å². The Hall–Kier alpha value is -1.36. The molecule has 0 aromatic carbocycles. The highest BCUT2D eigenvalue weighted by Gasteiger charge is 2.16. The molecule has 72 valence electrons. The van der Waals surface area contributed by atoms with Gasteiger partial charge in [-0.15, -0.1) is 0 Å². The molecule has 0 aliphatic carbocycles. The topological polar surface area (TPSA) is 44.4 Å². The fraction of sp³-hybridized carbons (Fsp3) is 0.250. The fourth-order valence-electron chi connectivity index (χ4n) is 0.668. The summed E-state index contributed by atoms with van der Waals surface area (Å²) in [5.41, 5.74) is 0.429. The number of thiocarbonyl (C=S) groups is 1. The Balaban J connectivity index is 4.74. The van der Waals surface area contributed by atoms with Crippen LogP contribution in [0.25, 0.3) is 0 Å². The van der Waals surface area contributed by atoms with Crippen molar-refractivity contribution < 1.29 is 4.79 Å². The molecule has 0 unspecified atom stereocenters. The van der Waals surface area contributed by atoms with Gasteiger partial charge in [0, 0.05) is 19.8 Å². The van der Waals surface area contributed by atoms with Crippen LogP contribution in [0.2, 0.25) is 0 Å². The highest BCUT2D eigenvalue weighted by molar-refractivity contribution is 7.80. The lowest BCUT2D eigenvalue weighted by atomic mass is 10.4. The number of hydrogen-bond acceptors (Lipinski definition) is 2. The number of rotatable bonds is 2. The minimum Gasteiger partial charge on any atom is -0.365 e. The van der Waals surface area contributed by atoms with Gasteiger partial charge in [-0.05, 0) is 18.3 Å². The van der Waals surface area contributed by atoms with Crippen molar-refractivity contribution in [2.24, 2.45) is 0 Å². The molecule has 0 heterocycles. The Kier molecular flexibility index (Phi) is 4.76. The number of urea groups is 1. The number of carbonyl (C=O) groups is 1. The maximum Gasteiger partial charge on any atom is 0.328 e. The molecule has 5 heteroatoms. The first-order valence-electron chi connectivity index (χ1n) is 3.63. The molecule has 0 bridgehead atoms. The average molecular weight is 199 g/mol. The van der Waals surface area contributed by atoms with Gasteiger partial charge in [-0.3, -0.25) is 0 Å². The van der Waals surface area contributed by atoms with Gasteiger partial charge < -0.3 is 10.6 Å². The zero-order valence-corrected chi connectivity index (χ0v) is 8.57. The van der Waals surface area contributed by atoms with Crippen molar-refractivity contribution in [2.45, 2.75) is 0 Å². The predicted octanol–water partition coefficient (Wildman–Crippen LogP) is 0.832. The summed E-state index contributed by atoms with van der Waals surface area (Å²) in [5.74, 6) is 0. The van der Waals surface area contributed by atoms with E-state index in [9.17, 15) is 4.79 Å². The molecule has 0 fully saturated rings. The molecule has 0 atom stereocenters. The molecule has 0 saturated carbocycles. The van der Waals surface area contributed by atoms with Crippen molar-refractivity contribution in [3.8, 4) is 0 Å². The maximum atomic E-state index is 11.3. The lowest BCUT2D eigenvalue weighted by molar-refractivity contribution is 0.230. The third-order valence-corrected chi connectivity index (χ3v) is 1.74. The second-order valence-corrected chi connectivity index (χ2v) is 2.53. The lowest BCUT2D eigenvalue weighted by Crippen LogP contribution is -2.45. The summed E-state index contributed by atoms with van der Waals surface area (Å²) in [6.07, 6.45) is 1.46. The van der Waals surface area contributed by atoms with Gasteiger partial charge in [-0.25, -0.2) is 9.69 Å². The molecular weight excluding hydrogens is 186 g/mol. The van der Waals surface area contributed by atoms with Crippen LogP contribution < -0.4 is 10.6 Å². The van der Waals surface area contributed by atoms with E-state index < -0.39 is 0 Å². The van der Waals surface area contributed by atoms with Crippen molar-refractivity contribution in [2.75, 3.05) is 14.1 Å². The molecule has 0 rings (SSSR count). The molecule has 0 radical (unpaired) electrons. The quantitative estimate of drug-likeness (QED) is 0.511. The first kappa shape index (κ1) is 11.6. The molecule has 0 aromatic rings. The highest BCUT2D eigenvalue weighted by atomic mass is 32.1. The summed E-state index contributed by atoms with van der Waals surface area (Å²) < 4.78 is 0. The molecule has 0 saturated heterocycles. The maximum absolute atomic E-state index is 11.3. The molecule has 2 amide bonds. The van der Waals surface area contributed by atoms with E-state index in [0.717, 1.165) is 0 Å². The smallest absolute Gasteiger partial charge is 0.328 e. The lowest BCUT2D eigenvalue weighted by Gasteiger charge is -2.22. The summed E-state index contributed by atoms with van der Waals surface area (Å²) >= 11 is 4.91. The second-order valence-electron chi connectivity index (χ2n) is 2.14. The predicted molar refractivity (Wildman–Crippen MR) is 57.3 cm³/mol. The van der Waals surface area contributed by atoms with Crippen molar-refractivity contribution in [3.63, 3.8) is 0 Å². The van der Waals surface area contributed by atoms with Gasteiger partial charge in [0.05, 0.1) is 0 Å². The van der Waals surface area contributed by atoms with E-state index in [2.05, 4.69) is 23.8 Å². The summed E-state index contributed by atoms with van der Waals surface area (Å²) in [7, 11) is 3.15. The summed E-state index contributed by atoms with van der Waals surface area (Å²) in [4.78, 5) is 12.5. The second kappa shape index (κ2) is 5.31. The number of carbonyl (C=O) groups excluding carboxylic acids is 1. The minimum absolute atomic E-state index is 0.282. The zero-order valence-electron chi connectivity index (χ0n) is 7.76. The Labute approximate surface area is 83.3 Å². The van der Waals surface area contributed by atoms with Crippen LogP contribution in [-0.2, 0) is 0 Å². The molecule has 0 aliphatic heterocycles. The van der Waals surface area contributed by atoms with E-state index in [1.807, 2.05) is 0 Å². The van der Waals surface area contributed by atoms with E-state index in [-0.39, 0.29) is 11.1 Å². The van der Waals surface area contributed by atoms with Crippen molar-refractivity contribution in [1.82, 2.24) is 15.5 Å². The monoisotopic (exact) mass is 199 g/mol. The van der Waals surface area contributed by atoms with Gasteiger partial charge in [0.25, 0.3) is 0 Å². The van der Waals surface area contributed by atoms with Gasteiger partial charge >= 0.3 is 6.03 Å². The molecular formula is C8H13N3OS. The van der Waals surface area contributed by atoms with E-state index in [1.165, 1.54) is 18.0 Å². The van der Waals surface area contributed by atoms with Crippen molar-refractivity contribution in [3.05, 3.63) is 24.9 Å². The molecule has 0 spiro atoms. The fourth-order valence-corrected chi connectivity index (χ4v) is 0.868. The van der Waals surface area contributed by atoms with E-state index in [1.54, 1.807) is 7.05 Å². The van der Waals surface area contributed by atoms with Gasteiger partial charge in [0.1, 0.15) is 0 Å². The molecule has 2 N–H and O–H groups in total. The van der Waals surface area contributed by atoms with Gasteiger partial charge in [-0.1, -0.05) is 13.2 Å². The van der Waals surface area contributed by atoms with Crippen LogP contribution in [0.4, 0.5) is 4.79 Å². The largest absolute Gasteiger partial charge is 0.365 e. The third kappa shape index (κ3) is 2.87. The first-order valence-corrected chi connectivity index (χ1v) is 4.04. The highest BCUT2D eigenvalue weighted by Crippen LogP contribution is 2.03. The molecule has 4 nitrogen and oxygen atoms in total. The zero-order chi connectivity index (χ0) is 10.4. The number of amides is 2. The standard InChI is InChI=1S/C8H13N3OS/c1-5-6(2)11(7(12)9-3)8(13)10-4/h5H,1-2H2,3-4H3,(H,9,12)(H,10,13). The molecule has 0 aromatic heterocycles. The minimum atomic E-state index is -0.343. The average Bonchev–Trinajstić information content (AvgIpc) is 2.16. The Morgan fingerprint density at radius 1 is 1.46 bits per heavy atom. The Morgan fingerprint density at radius 2 is 2.00 bits per heavy atom. The molecule has 13 heavy (non-hydrogen) atoms. The number of allylic oxidation sites excluding steroid dienone is 1. The first-order chi connectivity index (χ1) is 6.08. The number of nitrogens with zero attached hydrogens (tertiary/aromatic N) is 1. The van der Waals surface area contributed by atoms with Crippen LogP contribution in [0.15, 0.2) is 24.9 Å². The Bertz CT molecular complexity index is 234. The summed E-state index contributed by atoms with van der Waals surface area (Å²) in [6, 6.07) is -0.343.